The molecular formula is C15H29IN4S. The van der Waals surface area contributed by atoms with Gasteiger partial charge in [0.25, 0.3) is 0 Å². The molecule has 0 aliphatic heterocycles. The van der Waals surface area contributed by atoms with Crippen molar-refractivity contribution in [3.05, 3.63) is 16.1 Å². The second kappa shape index (κ2) is 11.2. The summed E-state index contributed by atoms with van der Waals surface area (Å²) in [7, 11) is 1.82. The van der Waals surface area contributed by atoms with Gasteiger partial charge in [0.2, 0.25) is 0 Å². The zero-order chi connectivity index (χ0) is 15.0. The van der Waals surface area contributed by atoms with Crippen LogP contribution in [-0.4, -0.2) is 30.6 Å². The molecule has 0 aliphatic rings. The molecule has 2 N–H and O–H groups in total. The lowest BCUT2D eigenvalue weighted by molar-refractivity contribution is 0.489. The Kier molecular flexibility index (Phi) is 11.0. The molecule has 0 spiro atoms. The SMILES string of the molecule is CN=C(NCCc1csc(C)n1)NC(C)CCC(C)C.I. The molecule has 1 atom stereocenters. The van der Waals surface area contributed by atoms with Gasteiger partial charge in [-0.2, -0.15) is 0 Å². The monoisotopic (exact) mass is 424 g/mol. The Morgan fingerprint density at radius 3 is 2.57 bits per heavy atom. The van der Waals surface area contributed by atoms with Crippen LogP contribution in [0.4, 0.5) is 0 Å². The fourth-order valence-electron chi connectivity index (χ4n) is 1.92. The number of nitrogens with one attached hydrogen (secondary N) is 2. The summed E-state index contributed by atoms with van der Waals surface area (Å²) in [6.45, 7) is 9.63. The Hall–Kier alpha value is -0.370. The first kappa shape index (κ1) is 20.6. The van der Waals surface area contributed by atoms with Gasteiger partial charge in [0, 0.05) is 31.4 Å². The summed E-state index contributed by atoms with van der Waals surface area (Å²) in [5.41, 5.74) is 1.16. The number of aliphatic imine (C=N–C) groups is 1. The Labute approximate surface area is 150 Å². The average molecular weight is 424 g/mol. The van der Waals surface area contributed by atoms with Crippen molar-refractivity contribution in [2.45, 2.75) is 53.0 Å². The van der Waals surface area contributed by atoms with Crippen molar-refractivity contribution in [1.82, 2.24) is 15.6 Å². The van der Waals surface area contributed by atoms with Gasteiger partial charge in [0.15, 0.2) is 5.96 Å². The topological polar surface area (TPSA) is 49.3 Å². The molecule has 0 saturated carbocycles. The van der Waals surface area contributed by atoms with Crippen molar-refractivity contribution >= 4 is 41.3 Å². The highest BCUT2D eigenvalue weighted by Gasteiger charge is 2.06. The lowest BCUT2D eigenvalue weighted by atomic mass is 10.0. The molecule has 0 saturated heterocycles. The molecule has 4 nitrogen and oxygen atoms in total. The fraction of sp³-hybridized carbons (Fsp3) is 0.733. The lowest BCUT2D eigenvalue weighted by Gasteiger charge is -2.18. The molecule has 21 heavy (non-hydrogen) atoms. The van der Waals surface area contributed by atoms with Crippen molar-refractivity contribution in [2.24, 2.45) is 10.9 Å². The molecule has 0 aliphatic carbocycles. The fourth-order valence-corrected chi connectivity index (χ4v) is 2.56. The van der Waals surface area contributed by atoms with Gasteiger partial charge >= 0.3 is 0 Å². The summed E-state index contributed by atoms with van der Waals surface area (Å²) in [6, 6.07) is 0.449. The van der Waals surface area contributed by atoms with Crippen LogP contribution in [0.3, 0.4) is 0 Å². The standard InChI is InChI=1S/C15H28N4S.HI/c1-11(2)6-7-12(3)18-15(16-5)17-9-8-14-10-20-13(4)19-14;/h10-12H,6-9H2,1-5H3,(H2,16,17,18);1H. The van der Waals surface area contributed by atoms with Gasteiger partial charge in [0.05, 0.1) is 10.7 Å². The van der Waals surface area contributed by atoms with E-state index < -0.39 is 0 Å². The first-order chi connectivity index (χ1) is 9.51. The highest BCUT2D eigenvalue weighted by Crippen LogP contribution is 2.08. The number of nitrogens with zero attached hydrogens (tertiary/aromatic N) is 2. The minimum Gasteiger partial charge on any atom is -0.356 e. The molecule has 0 bridgehead atoms. The number of guanidine groups is 1. The Bertz CT molecular complexity index is 418. The van der Waals surface area contributed by atoms with Crippen LogP contribution in [0.2, 0.25) is 0 Å². The zero-order valence-electron chi connectivity index (χ0n) is 13.8. The molecule has 1 unspecified atom stereocenters. The normalized spacial score (nSPS) is 13.0. The van der Waals surface area contributed by atoms with Crippen LogP contribution in [0.1, 0.15) is 44.3 Å². The molecule has 1 aromatic rings. The predicted octanol–water partition coefficient (Wildman–Crippen LogP) is 3.60. The van der Waals surface area contributed by atoms with E-state index in [1.54, 1.807) is 11.3 Å². The molecule has 0 aromatic carbocycles. The molecule has 122 valence electrons. The highest BCUT2D eigenvalue weighted by molar-refractivity contribution is 14.0. The van der Waals surface area contributed by atoms with Gasteiger partial charge in [0.1, 0.15) is 0 Å². The van der Waals surface area contributed by atoms with Gasteiger partial charge in [-0.25, -0.2) is 4.98 Å². The smallest absolute Gasteiger partial charge is 0.191 e. The maximum atomic E-state index is 4.46. The van der Waals surface area contributed by atoms with E-state index in [0.29, 0.717) is 6.04 Å². The van der Waals surface area contributed by atoms with E-state index in [-0.39, 0.29) is 24.0 Å². The number of hydrogen-bond donors (Lipinski definition) is 2. The third-order valence-corrected chi connectivity index (χ3v) is 3.95. The van der Waals surface area contributed by atoms with E-state index in [4.69, 9.17) is 0 Å². The minimum atomic E-state index is 0. The predicted molar refractivity (Wildman–Crippen MR) is 104 cm³/mol. The number of rotatable bonds is 7. The number of aromatic nitrogens is 1. The van der Waals surface area contributed by atoms with Gasteiger partial charge in [-0.15, -0.1) is 35.3 Å². The first-order valence-corrected chi connectivity index (χ1v) is 8.27. The number of hydrogen-bond acceptors (Lipinski definition) is 3. The molecule has 0 amide bonds. The molecule has 1 heterocycles. The summed E-state index contributed by atoms with van der Waals surface area (Å²) >= 11 is 1.70. The largest absolute Gasteiger partial charge is 0.356 e. The van der Waals surface area contributed by atoms with Crippen LogP contribution in [0.15, 0.2) is 10.4 Å². The summed E-state index contributed by atoms with van der Waals surface area (Å²) in [5.74, 6) is 1.63. The van der Waals surface area contributed by atoms with Crippen molar-refractivity contribution in [1.29, 1.82) is 0 Å². The molecule has 6 heteroatoms. The average Bonchev–Trinajstić information content (AvgIpc) is 2.81. The Morgan fingerprint density at radius 2 is 2.05 bits per heavy atom. The van der Waals surface area contributed by atoms with E-state index >= 15 is 0 Å². The Balaban J connectivity index is 0.00000400. The maximum absolute atomic E-state index is 4.46. The minimum absolute atomic E-state index is 0. The second-order valence-corrected chi connectivity index (χ2v) is 6.69. The number of aryl methyl sites for hydroxylation is 1. The summed E-state index contributed by atoms with van der Waals surface area (Å²) in [5, 5.41) is 10.0. The summed E-state index contributed by atoms with van der Waals surface area (Å²) < 4.78 is 0. The number of thiazole rings is 1. The third-order valence-electron chi connectivity index (χ3n) is 3.12. The van der Waals surface area contributed by atoms with Crippen LogP contribution in [0.5, 0.6) is 0 Å². The molecule has 1 rings (SSSR count). The second-order valence-electron chi connectivity index (χ2n) is 5.62. The van der Waals surface area contributed by atoms with E-state index in [1.165, 1.54) is 12.8 Å². The molecular weight excluding hydrogens is 395 g/mol. The van der Waals surface area contributed by atoms with Crippen LogP contribution >= 0.6 is 35.3 Å². The molecule has 0 fully saturated rings. The molecule has 0 radical (unpaired) electrons. The lowest BCUT2D eigenvalue weighted by Crippen LogP contribution is -2.43. The quantitative estimate of drug-likeness (QED) is 0.400. The van der Waals surface area contributed by atoms with E-state index in [2.05, 4.69) is 46.8 Å². The Morgan fingerprint density at radius 1 is 1.33 bits per heavy atom. The molecule has 1 aromatic heterocycles. The van der Waals surface area contributed by atoms with E-state index in [1.807, 2.05) is 14.0 Å². The van der Waals surface area contributed by atoms with Crippen molar-refractivity contribution in [3.8, 4) is 0 Å². The van der Waals surface area contributed by atoms with E-state index in [0.717, 1.165) is 35.5 Å². The van der Waals surface area contributed by atoms with Gasteiger partial charge < -0.3 is 10.6 Å². The third kappa shape index (κ3) is 9.29. The number of halogens is 1. The highest BCUT2D eigenvalue weighted by atomic mass is 127. The van der Waals surface area contributed by atoms with Gasteiger partial charge in [-0.1, -0.05) is 13.8 Å². The van der Waals surface area contributed by atoms with Crippen LogP contribution in [-0.2, 0) is 6.42 Å². The summed E-state index contributed by atoms with van der Waals surface area (Å²) in [6.07, 6.45) is 3.35. The zero-order valence-corrected chi connectivity index (χ0v) is 16.9. The van der Waals surface area contributed by atoms with Crippen LogP contribution in [0.25, 0.3) is 0 Å². The van der Waals surface area contributed by atoms with Crippen LogP contribution in [0, 0.1) is 12.8 Å². The van der Waals surface area contributed by atoms with Gasteiger partial charge in [-0.3, -0.25) is 4.99 Å². The van der Waals surface area contributed by atoms with Crippen molar-refractivity contribution < 1.29 is 0 Å². The van der Waals surface area contributed by atoms with Crippen molar-refractivity contribution in [2.75, 3.05) is 13.6 Å². The van der Waals surface area contributed by atoms with Gasteiger partial charge in [-0.05, 0) is 32.6 Å². The maximum Gasteiger partial charge on any atom is 0.191 e. The summed E-state index contributed by atoms with van der Waals surface area (Å²) in [4.78, 5) is 8.73. The van der Waals surface area contributed by atoms with Crippen LogP contribution < -0.4 is 10.6 Å². The van der Waals surface area contributed by atoms with Crippen molar-refractivity contribution in [3.63, 3.8) is 0 Å². The van der Waals surface area contributed by atoms with E-state index in [9.17, 15) is 0 Å². The first-order valence-electron chi connectivity index (χ1n) is 7.39.